The quantitative estimate of drug-likeness (QED) is 0.159. The van der Waals surface area contributed by atoms with Gasteiger partial charge in [0.15, 0.2) is 34.8 Å². The molecule has 0 spiro atoms. The van der Waals surface area contributed by atoms with Crippen molar-refractivity contribution in [3.8, 4) is 68.5 Å². The molecule has 11 rings (SSSR count). The fraction of sp³-hybridized carbons (Fsp3) is 0.0833. The van der Waals surface area contributed by atoms with Crippen molar-refractivity contribution < 1.29 is 29.0 Å². The molecule has 0 saturated carbocycles. The summed E-state index contributed by atoms with van der Waals surface area (Å²) in [4.78, 5) is 37.8. The van der Waals surface area contributed by atoms with E-state index in [2.05, 4.69) is 48.1 Å². The number of fused-ring (bicyclic) bond motifs is 20. The molecule has 10 nitrogen and oxygen atoms in total. The Balaban J connectivity index is 0.00000420. The van der Waals surface area contributed by atoms with E-state index in [1.165, 1.54) is 11.1 Å². The molecule has 59 heavy (non-hydrogen) atoms. The Morgan fingerprint density at radius 1 is 0.390 bits per heavy atom. The number of aromatic amines is 2. The maximum atomic E-state index is 6.63. The molecular weight excluding hydrogens is 786 g/mol. The number of hydrogen-bond acceptors (Lipinski definition) is 8. The van der Waals surface area contributed by atoms with E-state index in [1.54, 1.807) is 0 Å². The molecule has 2 aliphatic heterocycles. The first kappa shape index (κ1) is 36.3. The normalized spacial score (nSPS) is 11.6. The van der Waals surface area contributed by atoms with Crippen molar-refractivity contribution in [2.45, 2.75) is 26.7 Å². The Morgan fingerprint density at radius 2 is 0.712 bits per heavy atom. The van der Waals surface area contributed by atoms with E-state index in [-0.39, 0.29) is 19.5 Å². The molecule has 6 aromatic carbocycles. The van der Waals surface area contributed by atoms with Gasteiger partial charge in [-0.25, -0.2) is 29.9 Å². The van der Waals surface area contributed by atoms with Crippen LogP contribution in [0.15, 0.2) is 133 Å². The summed E-state index contributed by atoms with van der Waals surface area (Å²) in [7, 11) is 0. The van der Waals surface area contributed by atoms with E-state index in [1.807, 2.05) is 109 Å². The topological polar surface area (TPSA) is 127 Å². The number of benzene rings is 6. The van der Waals surface area contributed by atoms with Gasteiger partial charge in [0.2, 0.25) is 0 Å². The van der Waals surface area contributed by atoms with Crippen molar-refractivity contribution in [2.75, 3.05) is 0 Å². The van der Waals surface area contributed by atoms with Gasteiger partial charge >= 0.3 is 19.5 Å². The third-order valence-corrected chi connectivity index (χ3v) is 10.7. The van der Waals surface area contributed by atoms with Crippen LogP contribution >= 0.6 is 0 Å². The van der Waals surface area contributed by atoms with Crippen LogP contribution in [0.1, 0.15) is 25.0 Å². The first-order valence-electron chi connectivity index (χ1n) is 19.4. The second-order valence-electron chi connectivity index (χ2n) is 14.3. The Bertz CT molecular complexity index is 3050. The SMILES string of the molecule is CCc1ccc(Oc2cc3c4nc5nc(nc6[nH]c(nc7nc(nc([nH]4)c3cc2Oc2ccc(CC)cc2)-c2ccccc2-7)c2ccccc62)-c2ccccc2-5)cc1.[Zn+2]. The van der Waals surface area contributed by atoms with Crippen LogP contribution in [-0.2, 0) is 32.3 Å². The van der Waals surface area contributed by atoms with E-state index >= 15 is 0 Å². The third kappa shape index (κ3) is 6.40. The molecule has 278 valence electrons. The molecule has 5 heterocycles. The van der Waals surface area contributed by atoms with Gasteiger partial charge in [-0.1, -0.05) is 111 Å². The zero-order chi connectivity index (χ0) is 38.7. The molecular formula is C48H34N8O2Zn+2. The molecule has 2 N–H and O–H groups in total. The number of aromatic nitrogens is 8. The largest absolute Gasteiger partial charge is 2.00 e. The summed E-state index contributed by atoms with van der Waals surface area (Å²) >= 11 is 0. The molecule has 2 aliphatic rings. The summed E-state index contributed by atoms with van der Waals surface area (Å²) in [6.07, 6.45) is 1.86. The molecule has 0 radical (unpaired) electrons. The minimum atomic E-state index is 0. The fourth-order valence-corrected chi connectivity index (χ4v) is 7.65. The maximum absolute atomic E-state index is 6.63. The molecule has 0 fully saturated rings. The average Bonchev–Trinajstić information content (AvgIpc) is 4.00. The first-order valence-corrected chi connectivity index (χ1v) is 19.4. The van der Waals surface area contributed by atoms with E-state index in [0.29, 0.717) is 68.9 Å². The van der Waals surface area contributed by atoms with Crippen LogP contribution in [-0.4, -0.2) is 39.9 Å². The third-order valence-electron chi connectivity index (χ3n) is 10.7. The summed E-state index contributed by atoms with van der Waals surface area (Å²) in [5.74, 6) is 4.54. The van der Waals surface area contributed by atoms with Crippen molar-refractivity contribution in [2.24, 2.45) is 0 Å². The smallest absolute Gasteiger partial charge is 0.453 e. The van der Waals surface area contributed by atoms with Gasteiger partial charge in [0.05, 0.1) is 0 Å². The van der Waals surface area contributed by atoms with E-state index in [9.17, 15) is 0 Å². The number of nitrogens with zero attached hydrogens (tertiary/aromatic N) is 6. The van der Waals surface area contributed by atoms with Gasteiger partial charge < -0.3 is 19.4 Å². The zero-order valence-corrected chi connectivity index (χ0v) is 35.3. The van der Waals surface area contributed by atoms with Gasteiger partial charge in [-0.15, -0.1) is 0 Å². The van der Waals surface area contributed by atoms with Gasteiger partial charge in [0.25, 0.3) is 0 Å². The van der Waals surface area contributed by atoms with Crippen LogP contribution in [0.2, 0.25) is 0 Å². The van der Waals surface area contributed by atoms with Gasteiger partial charge in [-0.3, -0.25) is 0 Å². The van der Waals surface area contributed by atoms with Crippen LogP contribution in [0.25, 0.3) is 89.7 Å². The molecule has 3 aromatic heterocycles. The second kappa shape index (κ2) is 14.7. The summed E-state index contributed by atoms with van der Waals surface area (Å²) in [5.41, 5.74) is 8.32. The Kier molecular flexibility index (Phi) is 9.03. The van der Waals surface area contributed by atoms with E-state index in [0.717, 1.165) is 56.6 Å². The predicted octanol–water partition coefficient (Wildman–Crippen LogP) is 11.6. The van der Waals surface area contributed by atoms with Crippen molar-refractivity contribution in [3.05, 3.63) is 145 Å². The molecule has 8 bridgehead atoms. The molecule has 0 amide bonds. The summed E-state index contributed by atoms with van der Waals surface area (Å²) < 4.78 is 13.3. The predicted molar refractivity (Wildman–Crippen MR) is 228 cm³/mol. The number of hydrogen-bond donors (Lipinski definition) is 2. The zero-order valence-electron chi connectivity index (χ0n) is 32.3. The Morgan fingerprint density at radius 3 is 1.05 bits per heavy atom. The maximum Gasteiger partial charge on any atom is 2.00 e. The van der Waals surface area contributed by atoms with Gasteiger partial charge in [-0.2, -0.15) is 0 Å². The Labute approximate surface area is 351 Å². The molecule has 0 atom stereocenters. The fourth-order valence-electron chi connectivity index (χ4n) is 7.65. The van der Waals surface area contributed by atoms with Crippen LogP contribution in [0, 0.1) is 0 Å². The number of nitrogens with one attached hydrogen (secondary N) is 2. The second-order valence-corrected chi connectivity index (χ2v) is 14.3. The number of ether oxygens (including phenoxy) is 2. The monoisotopic (exact) mass is 818 g/mol. The average molecular weight is 820 g/mol. The van der Waals surface area contributed by atoms with E-state index < -0.39 is 0 Å². The van der Waals surface area contributed by atoms with Crippen LogP contribution in [0.5, 0.6) is 23.0 Å². The van der Waals surface area contributed by atoms with Crippen LogP contribution in [0.3, 0.4) is 0 Å². The first-order chi connectivity index (χ1) is 28.6. The summed E-state index contributed by atoms with van der Waals surface area (Å²) in [6, 6.07) is 44.2. The molecule has 11 heteroatoms. The van der Waals surface area contributed by atoms with Gasteiger partial charge in [0, 0.05) is 43.8 Å². The van der Waals surface area contributed by atoms with Crippen LogP contribution < -0.4 is 9.47 Å². The van der Waals surface area contributed by atoms with Crippen molar-refractivity contribution in [1.29, 1.82) is 0 Å². The minimum Gasteiger partial charge on any atom is -0.453 e. The standard InChI is InChI=1S/C48H34N8O2.Zn/c1-3-27-17-21-29(22-18-27)57-39-25-37-38(26-40(39)58-30-23-19-28(4-2)20-24-30)48-55-46-36-16-10-8-14-34(36)44(53-46)51-42-32-12-6-5-11-31(32)41(49-42)50-43-33-13-7-9-15-35(33)45(52-43)54-47(37)56-48;/h5-26H,3-4H2,1-2H3,(H2,49,50,51,52,53,54,55,56);/q;+2. The summed E-state index contributed by atoms with van der Waals surface area (Å²) in [6.45, 7) is 4.27. The van der Waals surface area contributed by atoms with Gasteiger partial charge in [-0.05, 0) is 60.4 Å². The van der Waals surface area contributed by atoms with Crippen molar-refractivity contribution in [1.82, 2.24) is 39.9 Å². The number of aryl methyl sites for hydroxylation is 2. The minimum absolute atomic E-state index is 0. The van der Waals surface area contributed by atoms with Gasteiger partial charge in [0.1, 0.15) is 34.1 Å². The summed E-state index contributed by atoms with van der Waals surface area (Å²) in [5, 5.41) is 3.38. The van der Waals surface area contributed by atoms with Crippen LogP contribution in [0.4, 0.5) is 0 Å². The van der Waals surface area contributed by atoms with Crippen molar-refractivity contribution in [3.63, 3.8) is 0 Å². The molecule has 0 aliphatic carbocycles. The van der Waals surface area contributed by atoms with Crippen molar-refractivity contribution >= 4 is 44.1 Å². The molecule has 9 aromatic rings. The molecule has 0 unspecified atom stereocenters. The Hall–Kier alpha value is -7.10. The van der Waals surface area contributed by atoms with E-state index in [4.69, 9.17) is 39.4 Å². The number of rotatable bonds is 6. The molecule has 0 saturated heterocycles. The number of H-pyrrole nitrogens is 2.